The zero-order valence-electron chi connectivity index (χ0n) is 26.2. The van der Waals surface area contributed by atoms with Gasteiger partial charge >= 0.3 is 12.1 Å². The van der Waals surface area contributed by atoms with E-state index in [4.69, 9.17) is 0 Å². The molecule has 0 aliphatic carbocycles. The zero-order valence-corrected chi connectivity index (χ0v) is 26.2. The number of rotatable bonds is 13. The van der Waals surface area contributed by atoms with Crippen LogP contribution in [0.5, 0.6) is 0 Å². The summed E-state index contributed by atoms with van der Waals surface area (Å²) in [6.45, 7) is 6.48. The number of aromatic nitrogens is 2. The van der Waals surface area contributed by atoms with Gasteiger partial charge in [0.25, 0.3) is 17.7 Å². The van der Waals surface area contributed by atoms with E-state index in [0.29, 0.717) is 24.3 Å². The molecule has 1 unspecified atom stereocenters. The first kappa shape index (κ1) is 34.2. The lowest BCUT2D eigenvalue weighted by molar-refractivity contribution is -0.159. The second-order valence-corrected chi connectivity index (χ2v) is 11.6. The van der Waals surface area contributed by atoms with E-state index in [-0.39, 0.29) is 47.3 Å². The van der Waals surface area contributed by atoms with Crippen LogP contribution in [-0.4, -0.2) is 87.7 Å². The topological polar surface area (TPSA) is 167 Å². The van der Waals surface area contributed by atoms with Crippen molar-refractivity contribution in [2.75, 3.05) is 31.5 Å². The highest BCUT2D eigenvalue weighted by atomic mass is 19.4. The minimum Gasteiger partial charge on any atom is -0.384 e. The van der Waals surface area contributed by atoms with E-state index >= 15 is 0 Å². The molecular formula is C32H34F3N7O6. The number of carbonyl (C=O) groups excluding carboxylic acids is 5. The van der Waals surface area contributed by atoms with E-state index in [2.05, 4.69) is 35.5 Å². The minimum atomic E-state index is -4.75. The molecule has 48 heavy (non-hydrogen) atoms. The molecule has 254 valence electrons. The first-order valence-electron chi connectivity index (χ1n) is 15.5. The molecule has 5 amide bonds. The Labute approximate surface area is 273 Å². The van der Waals surface area contributed by atoms with Gasteiger partial charge in [-0.2, -0.15) is 18.2 Å². The summed E-state index contributed by atoms with van der Waals surface area (Å²) in [7, 11) is 0. The van der Waals surface area contributed by atoms with Crippen LogP contribution in [0.2, 0.25) is 0 Å². The number of anilines is 1. The van der Waals surface area contributed by atoms with Crippen LogP contribution in [0.15, 0.2) is 47.0 Å². The predicted octanol–water partition coefficient (Wildman–Crippen LogP) is 3.49. The molecule has 1 fully saturated rings. The van der Waals surface area contributed by atoms with Gasteiger partial charge in [-0.3, -0.25) is 34.2 Å². The number of alkyl halides is 3. The molecule has 3 heterocycles. The van der Waals surface area contributed by atoms with Crippen LogP contribution < -0.4 is 16.0 Å². The van der Waals surface area contributed by atoms with Gasteiger partial charge in [0, 0.05) is 42.4 Å². The van der Waals surface area contributed by atoms with E-state index < -0.39 is 41.7 Å². The third-order valence-electron chi connectivity index (χ3n) is 8.12. The van der Waals surface area contributed by atoms with Gasteiger partial charge in [-0.25, -0.2) is 0 Å². The van der Waals surface area contributed by atoms with Crippen molar-refractivity contribution in [1.82, 2.24) is 30.6 Å². The summed E-state index contributed by atoms with van der Waals surface area (Å²) in [6.07, 6.45) is -3.06. The number of carbonyl (C=O) groups is 5. The maximum absolute atomic E-state index is 13.3. The number of fused-ring (bicyclic) bond motifs is 1. The smallest absolute Gasteiger partial charge is 0.384 e. The van der Waals surface area contributed by atoms with Crippen molar-refractivity contribution in [3.8, 4) is 11.4 Å². The molecule has 16 heteroatoms. The molecule has 3 aromatic rings. The summed E-state index contributed by atoms with van der Waals surface area (Å²) in [6, 6.07) is 9.54. The highest BCUT2D eigenvalue weighted by Crippen LogP contribution is 2.32. The van der Waals surface area contributed by atoms with Crippen LogP contribution in [0.3, 0.4) is 0 Å². The number of unbranched alkanes of at least 4 members (excludes halogenated alkanes) is 1. The molecule has 2 aromatic carbocycles. The van der Waals surface area contributed by atoms with Crippen LogP contribution in [0.1, 0.15) is 76.5 Å². The number of likely N-dealkylation sites (N-methyl/N-ethyl adjacent to an activating group) is 1. The van der Waals surface area contributed by atoms with Crippen molar-refractivity contribution in [2.45, 2.75) is 57.8 Å². The lowest BCUT2D eigenvalue weighted by Crippen LogP contribution is -2.54. The summed E-state index contributed by atoms with van der Waals surface area (Å²) in [4.78, 5) is 69.5. The van der Waals surface area contributed by atoms with Crippen LogP contribution in [-0.2, 0) is 15.8 Å². The Morgan fingerprint density at radius 3 is 2.52 bits per heavy atom. The first-order chi connectivity index (χ1) is 22.9. The average Bonchev–Trinajstić information content (AvgIpc) is 3.65. The van der Waals surface area contributed by atoms with Gasteiger partial charge in [0.15, 0.2) is 0 Å². The highest BCUT2D eigenvalue weighted by Gasteiger charge is 2.45. The molecule has 1 saturated heterocycles. The van der Waals surface area contributed by atoms with Crippen molar-refractivity contribution in [3.63, 3.8) is 0 Å². The number of hydrogen-bond acceptors (Lipinski definition) is 10. The van der Waals surface area contributed by atoms with Gasteiger partial charge in [0.1, 0.15) is 6.04 Å². The fourth-order valence-electron chi connectivity index (χ4n) is 5.69. The van der Waals surface area contributed by atoms with Crippen molar-refractivity contribution in [1.29, 1.82) is 0 Å². The molecule has 5 rings (SSSR count). The second kappa shape index (κ2) is 14.3. The van der Waals surface area contributed by atoms with Gasteiger partial charge in [-0.1, -0.05) is 30.3 Å². The lowest BCUT2D eigenvalue weighted by atomic mass is 10.0. The molecule has 0 spiro atoms. The lowest BCUT2D eigenvalue weighted by Gasteiger charge is -2.27. The van der Waals surface area contributed by atoms with Gasteiger partial charge in [0.05, 0.1) is 11.1 Å². The molecule has 0 radical (unpaired) electrons. The molecular weight excluding hydrogens is 635 g/mol. The average molecular weight is 670 g/mol. The number of hydrogen-bond donors (Lipinski definition) is 3. The Kier molecular flexibility index (Phi) is 10.2. The third kappa shape index (κ3) is 7.54. The Morgan fingerprint density at radius 2 is 1.85 bits per heavy atom. The van der Waals surface area contributed by atoms with E-state index in [9.17, 15) is 37.1 Å². The van der Waals surface area contributed by atoms with Gasteiger partial charge in [0.2, 0.25) is 17.6 Å². The fraction of sp³-hybridized carbons (Fsp3) is 0.406. The predicted molar refractivity (Wildman–Crippen MR) is 165 cm³/mol. The van der Waals surface area contributed by atoms with Crippen molar-refractivity contribution >= 4 is 35.2 Å². The van der Waals surface area contributed by atoms with Crippen LogP contribution >= 0.6 is 0 Å². The summed E-state index contributed by atoms with van der Waals surface area (Å²) >= 11 is 0. The number of benzene rings is 2. The van der Waals surface area contributed by atoms with Crippen molar-refractivity contribution in [3.05, 3.63) is 65.0 Å². The maximum atomic E-state index is 13.3. The summed E-state index contributed by atoms with van der Waals surface area (Å²) in [5.41, 5.74) is 1.53. The summed E-state index contributed by atoms with van der Waals surface area (Å²) in [5.74, 6) is -4.23. The number of nitrogens with one attached hydrogen (secondary N) is 3. The Hall–Kier alpha value is -5.12. The third-order valence-corrected chi connectivity index (χ3v) is 8.12. The number of piperidine rings is 1. The van der Waals surface area contributed by atoms with Crippen LogP contribution in [0, 0.1) is 0 Å². The quantitative estimate of drug-likeness (QED) is 0.181. The van der Waals surface area contributed by atoms with Crippen molar-refractivity contribution in [2.24, 2.45) is 0 Å². The van der Waals surface area contributed by atoms with Crippen molar-refractivity contribution < 1.29 is 41.7 Å². The first-order valence-corrected chi connectivity index (χ1v) is 15.5. The molecule has 1 aromatic heterocycles. The van der Waals surface area contributed by atoms with E-state index in [1.807, 2.05) is 13.8 Å². The maximum Gasteiger partial charge on any atom is 0.471 e. The summed E-state index contributed by atoms with van der Waals surface area (Å²) in [5, 5.41) is 11.7. The normalized spacial score (nSPS) is 17.0. The molecule has 0 bridgehead atoms. The Balaban J connectivity index is 1.07. The largest absolute Gasteiger partial charge is 0.471 e. The molecule has 2 aliphatic rings. The van der Waals surface area contributed by atoms with E-state index in [1.165, 1.54) is 24.3 Å². The molecule has 0 saturated carbocycles. The van der Waals surface area contributed by atoms with Crippen LogP contribution in [0.25, 0.3) is 11.4 Å². The van der Waals surface area contributed by atoms with Gasteiger partial charge in [-0.15, -0.1) is 0 Å². The highest BCUT2D eigenvalue weighted by molar-refractivity contribution is 6.25. The molecule has 2 atom stereocenters. The minimum absolute atomic E-state index is 0.0477. The molecule has 13 nitrogen and oxygen atoms in total. The monoisotopic (exact) mass is 669 g/mol. The SMILES string of the molecule is CCN(CCCCNc1cccc2c1C(=O)N(C1CCC(=O)NC1=O)C2=O)C[C@@H](C)NC(=O)c1ccc(-c2noc(C(F)(F)F)n2)cc1. The number of imide groups is 2. The Bertz CT molecular complexity index is 1710. The standard InChI is InChI=1S/C32H34F3N7O6/c1-3-41(17-18(2)37-27(44)20-11-9-19(10-12-20)26-39-31(48-40-26)32(33,34)35)16-5-4-15-36-22-8-6-7-21-25(22)30(47)42(29(21)46)23-13-14-24(43)38-28(23)45/h6-12,18,23,36H,3-5,13-17H2,1-2H3,(H,37,44)(H,38,43,45)/t18-,23?/m1/s1. The van der Waals surface area contributed by atoms with Crippen LogP contribution in [0.4, 0.5) is 18.9 Å². The Morgan fingerprint density at radius 1 is 1.10 bits per heavy atom. The number of nitrogens with zero attached hydrogens (tertiary/aromatic N) is 4. The van der Waals surface area contributed by atoms with Gasteiger partial charge < -0.3 is 20.1 Å². The molecule has 2 aliphatic heterocycles. The van der Waals surface area contributed by atoms with Gasteiger partial charge in [-0.05, 0) is 63.5 Å². The summed E-state index contributed by atoms with van der Waals surface area (Å²) < 4.78 is 42.5. The number of amides is 5. The van der Waals surface area contributed by atoms with E-state index in [1.54, 1.807) is 18.2 Å². The van der Waals surface area contributed by atoms with E-state index in [0.717, 1.165) is 30.8 Å². The number of halogens is 3. The molecule has 3 N–H and O–H groups in total. The fourth-order valence-corrected chi connectivity index (χ4v) is 5.69. The second-order valence-electron chi connectivity index (χ2n) is 11.6. The zero-order chi connectivity index (χ0) is 34.6.